The Labute approximate surface area is 115 Å². The second-order valence-electron chi connectivity index (χ2n) is 4.25. The van der Waals surface area contributed by atoms with Crippen LogP contribution < -0.4 is 5.32 Å². The lowest BCUT2D eigenvalue weighted by atomic mass is 10.1. The van der Waals surface area contributed by atoms with Gasteiger partial charge in [-0.2, -0.15) is 0 Å². The summed E-state index contributed by atoms with van der Waals surface area (Å²) < 4.78 is 0. The summed E-state index contributed by atoms with van der Waals surface area (Å²) in [6.07, 6.45) is 0. The van der Waals surface area contributed by atoms with Gasteiger partial charge < -0.3 is 20.6 Å². The van der Waals surface area contributed by atoms with E-state index in [2.05, 4.69) is 5.32 Å². The van der Waals surface area contributed by atoms with Gasteiger partial charge in [-0.25, -0.2) is 0 Å². The Morgan fingerprint density at radius 3 is 2.53 bits per heavy atom. The van der Waals surface area contributed by atoms with Crippen LogP contribution in [0.1, 0.15) is 11.1 Å². The quantitative estimate of drug-likeness (QED) is 0.650. The van der Waals surface area contributed by atoms with E-state index < -0.39 is 5.75 Å². The minimum absolute atomic E-state index is 0.306. The topological polar surface area (TPSA) is 72.7 Å². The summed E-state index contributed by atoms with van der Waals surface area (Å²) in [4.78, 5) is 0. The standard InChI is InChI=1S/C14H14ClNO3/c1-8-2-4-10(15)6-11(8)16-7-9-3-5-12(17)14(19)13(9)18/h2-6,16-19H,7H2,1H3. The van der Waals surface area contributed by atoms with E-state index in [1.54, 1.807) is 12.1 Å². The second kappa shape index (κ2) is 5.28. The van der Waals surface area contributed by atoms with Crippen molar-refractivity contribution in [1.82, 2.24) is 0 Å². The van der Waals surface area contributed by atoms with Crippen molar-refractivity contribution in [2.75, 3.05) is 5.32 Å². The first-order valence-corrected chi connectivity index (χ1v) is 6.09. The molecule has 4 N–H and O–H groups in total. The maximum absolute atomic E-state index is 9.70. The van der Waals surface area contributed by atoms with Gasteiger partial charge in [0.15, 0.2) is 11.5 Å². The molecule has 0 heterocycles. The number of hydrogen-bond acceptors (Lipinski definition) is 4. The zero-order valence-corrected chi connectivity index (χ0v) is 11.1. The van der Waals surface area contributed by atoms with Crippen molar-refractivity contribution in [2.24, 2.45) is 0 Å². The van der Waals surface area contributed by atoms with E-state index >= 15 is 0 Å². The number of aromatic hydroxyl groups is 3. The number of anilines is 1. The number of benzene rings is 2. The van der Waals surface area contributed by atoms with Gasteiger partial charge in [-0.1, -0.05) is 17.7 Å². The highest BCUT2D eigenvalue weighted by Crippen LogP contribution is 2.37. The number of rotatable bonds is 3. The molecule has 2 aromatic rings. The molecule has 0 saturated carbocycles. The van der Waals surface area contributed by atoms with E-state index in [-0.39, 0.29) is 11.5 Å². The highest BCUT2D eigenvalue weighted by molar-refractivity contribution is 6.30. The van der Waals surface area contributed by atoms with Gasteiger partial charge in [-0.05, 0) is 36.8 Å². The van der Waals surface area contributed by atoms with Crippen molar-refractivity contribution in [3.05, 3.63) is 46.5 Å². The zero-order chi connectivity index (χ0) is 14.0. The van der Waals surface area contributed by atoms with E-state index in [4.69, 9.17) is 11.6 Å². The van der Waals surface area contributed by atoms with Crippen LogP contribution in [0.5, 0.6) is 17.2 Å². The molecule has 2 rings (SSSR count). The van der Waals surface area contributed by atoms with E-state index in [0.29, 0.717) is 17.1 Å². The maximum atomic E-state index is 9.70. The molecular formula is C14H14ClNO3. The van der Waals surface area contributed by atoms with Crippen molar-refractivity contribution >= 4 is 17.3 Å². The average Bonchev–Trinajstić information content (AvgIpc) is 2.39. The Hall–Kier alpha value is -2.07. The zero-order valence-electron chi connectivity index (χ0n) is 10.3. The Balaban J connectivity index is 2.19. The summed E-state index contributed by atoms with van der Waals surface area (Å²) in [5.74, 6) is -1.19. The van der Waals surface area contributed by atoms with Crippen molar-refractivity contribution in [1.29, 1.82) is 0 Å². The molecule has 100 valence electrons. The smallest absolute Gasteiger partial charge is 0.200 e. The lowest BCUT2D eigenvalue weighted by Gasteiger charge is -2.12. The molecule has 0 spiro atoms. The Kier molecular flexibility index (Phi) is 3.71. The first-order valence-electron chi connectivity index (χ1n) is 5.72. The maximum Gasteiger partial charge on any atom is 0.200 e. The number of halogens is 1. The summed E-state index contributed by atoms with van der Waals surface area (Å²) >= 11 is 5.91. The van der Waals surface area contributed by atoms with Crippen LogP contribution in [0, 0.1) is 6.92 Å². The SMILES string of the molecule is Cc1ccc(Cl)cc1NCc1ccc(O)c(O)c1O. The van der Waals surface area contributed by atoms with Gasteiger partial charge in [0.1, 0.15) is 0 Å². The molecule has 2 aromatic carbocycles. The first-order chi connectivity index (χ1) is 8.99. The van der Waals surface area contributed by atoms with Crippen molar-refractivity contribution in [3.8, 4) is 17.2 Å². The Morgan fingerprint density at radius 2 is 1.79 bits per heavy atom. The lowest BCUT2D eigenvalue weighted by molar-refractivity contribution is 0.365. The van der Waals surface area contributed by atoms with Crippen molar-refractivity contribution < 1.29 is 15.3 Å². The largest absolute Gasteiger partial charge is 0.504 e. The average molecular weight is 280 g/mol. The van der Waals surface area contributed by atoms with E-state index in [1.165, 1.54) is 12.1 Å². The van der Waals surface area contributed by atoms with Gasteiger partial charge in [0.05, 0.1) is 0 Å². The minimum atomic E-state index is -0.512. The normalized spacial score (nSPS) is 10.4. The fraction of sp³-hybridized carbons (Fsp3) is 0.143. The molecule has 0 aliphatic heterocycles. The number of aryl methyl sites for hydroxylation is 1. The van der Waals surface area contributed by atoms with E-state index in [1.807, 2.05) is 13.0 Å². The highest BCUT2D eigenvalue weighted by Gasteiger charge is 2.11. The molecule has 0 atom stereocenters. The Bertz CT molecular complexity index is 614. The summed E-state index contributed by atoms with van der Waals surface area (Å²) in [6, 6.07) is 8.34. The number of nitrogens with one attached hydrogen (secondary N) is 1. The van der Waals surface area contributed by atoms with Crippen LogP contribution in [0.4, 0.5) is 5.69 Å². The molecule has 0 unspecified atom stereocenters. The molecular weight excluding hydrogens is 266 g/mol. The third-order valence-electron chi connectivity index (χ3n) is 2.88. The Morgan fingerprint density at radius 1 is 1.05 bits per heavy atom. The van der Waals surface area contributed by atoms with Gasteiger partial charge >= 0.3 is 0 Å². The van der Waals surface area contributed by atoms with Gasteiger partial charge in [0, 0.05) is 22.8 Å². The fourth-order valence-corrected chi connectivity index (χ4v) is 1.90. The molecule has 19 heavy (non-hydrogen) atoms. The van der Waals surface area contributed by atoms with Gasteiger partial charge in [-0.15, -0.1) is 0 Å². The lowest BCUT2D eigenvalue weighted by Crippen LogP contribution is -2.01. The van der Waals surface area contributed by atoms with Crippen LogP contribution in [0.2, 0.25) is 5.02 Å². The molecule has 4 nitrogen and oxygen atoms in total. The summed E-state index contributed by atoms with van der Waals surface area (Å²) in [5, 5.41) is 32.1. The van der Waals surface area contributed by atoms with Crippen LogP contribution in [0.15, 0.2) is 30.3 Å². The molecule has 5 heteroatoms. The number of phenolic OH excluding ortho intramolecular Hbond substituents is 3. The monoisotopic (exact) mass is 279 g/mol. The van der Waals surface area contributed by atoms with Gasteiger partial charge in [0.25, 0.3) is 0 Å². The van der Waals surface area contributed by atoms with Crippen LogP contribution >= 0.6 is 11.6 Å². The van der Waals surface area contributed by atoms with Crippen molar-refractivity contribution in [2.45, 2.75) is 13.5 Å². The second-order valence-corrected chi connectivity index (χ2v) is 4.69. The molecule has 0 aliphatic carbocycles. The summed E-state index contributed by atoms with van der Waals surface area (Å²) in [6.45, 7) is 2.24. The van der Waals surface area contributed by atoms with E-state index in [9.17, 15) is 15.3 Å². The molecule has 0 saturated heterocycles. The van der Waals surface area contributed by atoms with Crippen LogP contribution in [-0.2, 0) is 6.54 Å². The minimum Gasteiger partial charge on any atom is -0.504 e. The number of phenols is 3. The van der Waals surface area contributed by atoms with Crippen molar-refractivity contribution in [3.63, 3.8) is 0 Å². The van der Waals surface area contributed by atoms with Crippen LogP contribution in [-0.4, -0.2) is 15.3 Å². The first kappa shape index (κ1) is 13.4. The molecule has 0 aromatic heterocycles. The van der Waals surface area contributed by atoms with E-state index in [0.717, 1.165) is 11.3 Å². The van der Waals surface area contributed by atoms with Gasteiger partial charge in [0.2, 0.25) is 5.75 Å². The molecule has 0 aliphatic rings. The molecule has 0 amide bonds. The van der Waals surface area contributed by atoms with Crippen LogP contribution in [0.3, 0.4) is 0 Å². The summed E-state index contributed by atoms with van der Waals surface area (Å²) in [7, 11) is 0. The summed E-state index contributed by atoms with van der Waals surface area (Å²) in [5.41, 5.74) is 2.35. The third kappa shape index (κ3) is 2.85. The van der Waals surface area contributed by atoms with Gasteiger partial charge in [-0.3, -0.25) is 0 Å². The predicted molar refractivity (Wildman–Crippen MR) is 75.0 cm³/mol. The molecule has 0 radical (unpaired) electrons. The highest BCUT2D eigenvalue weighted by atomic mass is 35.5. The molecule has 0 fully saturated rings. The molecule has 0 bridgehead atoms. The fourth-order valence-electron chi connectivity index (χ4n) is 1.73. The third-order valence-corrected chi connectivity index (χ3v) is 3.12. The number of hydrogen-bond donors (Lipinski definition) is 4. The van der Waals surface area contributed by atoms with Crippen LogP contribution in [0.25, 0.3) is 0 Å². The predicted octanol–water partition coefficient (Wildman–Crippen LogP) is 3.38.